The quantitative estimate of drug-likeness (QED) is 0.844. The van der Waals surface area contributed by atoms with Gasteiger partial charge in [-0.3, -0.25) is 9.78 Å². The zero-order valence-electron chi connectivity index (χ0n) is 9.85. The maximum absolute atomic E-state index is 11.5. The first-order valence-electron chi connectivity index (χ1n) is 5.47. The molecule has 1 N–H and O–H groups in total. The minimum absolute atomic E-state index is 0.0216. The normalized spacial score (nSPS) is 25.2. The first kappa shape index (κ1) is 13.0. The Morgan fingerprint density at radius 2 is 2.22 bits per heavy atom. The highest BCUT2D eigenvalue weighted by Gasteiger charge is 2.41. The highest BCUT2D eigenvalue weighted by atomic mass is 32.2. The third kappa shape index (κ3) is 2.51. The number of carboxylic acid groups (broad SMARTS) is 1. The van der Waals surface area contributed by atoms with E-state index in [-0.39, 0.29) is 19.0 Å². The van der Waals surface area contributed by atoms with Gasteiger partial charge >= 0.3 is 5.97 Å². The van der Waals surface area contributed by atoms with Crippen LogP contribution in [0.3, 0.4) is 0 Å². The number of hydrogen-bond donors (Lipinski definition) is 1. The van der Waals surface area contributed by atoms with Crippen LogP contribution in [0.25, 0.3) is 0 Å². The summed E-state index contributed by atoms with van der Waals surface area (Å²) < 4.78 is 24.2. The smallest absolute Gasteiger partial charge is 0.308 e. The number of rotatable bonds is 3. The van der Waals surface area contributed by atoms with Crippen LogP contribution in [-0.2, 0) is 14.8 Å². The number of aromatic nitrogens is 1. The van der Waals surface area contributed by atoms with Gasteiger partial charge in [-0.2, -0.15) is 0 Å². The van der Waals surface area contributed by atoms with Crippen molar-refractivity contribution in [3.8, 4) is 0 Å². The molecule has 0 aliphatic carbocycles. The number of pyridine rings is 1. The van der Waals surface area contributed by atoms with E-state index >= 15 is 0 Å². The van der Waals surface area contributed by atoms with Crippen LogP contribution in [0.15, 0.2) is 24.5 Å². The minimum Gasteiger partial charge on any atom is -0.481 e. The molecule has 0 amide bonds. The molecule has 1 aromatic heterocycles. The van der Waals surface area contributed by atoms with E-state index in [1.807, 2.05) is 0 Å². The Hall–Kier alpha value is -1.47. The van der Waals surface area contributed by atoms with Crippen molar-refractivity contribution in [2.24, 2.45) is 5.92 Å². The summed E-state index contributed by atoms with van der Waals surface area (Å²) in [7, 11) is -3.36. The van der Waals surface area contributed by atoms with Gasteiger partial charge < -0.3 is 5.11 Å². The molecule has 1 aromatic rings. The fourth-order valence-electron chi connectivity index (χ4n) is 2.22. The van der Waals surface area contributed by atoms with Crippen molar-refractivity contribution in [3.63, 3.8) is 0 Å². The van der Waals surface area contributed by atoms with Crippen LogP contribution in [0, 0.1) is 5.92 Å². The molecule has 0 bridgehead atoms. The number of aliphatic carboxylic acids is 1. The largest absolute Gasteiger partial charge is 0.481 e. The fourth-order valence-corrected chi connectivity index (χ4v) is 3.08. The lowest BCUT2D eigenvalue weighted by Crippen LogP contribution is -2.28. The molecule has 18 heavy (non-hydrogen) atoms. The first-order chi connectivity index (χ1) is 8.39. The molecule has 98 valence electrons. The monoisotopic (exact) mass is 270 g/mol. The van der Waals surface area contributed by atoms with Crippen molar-refractivity contribution in [2.45, 2.75) is 5.92 Å². The van der Waals surface area contributed by atoms with E-state index in [2.05, 4.69) is 4.98 Å². The molecule has 0 radical (unpaired) electrons. The van der Waals surface area contributed by atoms with Gasteiger partial charge in [0.15, 0.2) is 0 Å². The van der Waals surface area contributed by atoms with Crippen molar-refractivity contribution in [1.29, 1.82) is 0 Å². The lowest BCUT2D eigenvalue weighted by atomic mass is 9.90. The van der Waals surface area contributed by atoms with Crippen molar-refractivity contribution in [1.82, 2.24) is 9.29 Å². The second-order valence-corrected chi connectivity index (χ2v) is 6.40. The van der Waals surface area contributed by atoms with Crippen molar-refractivity contribution in [2.75, 3.05) is 19.3 Å². The summed E-state index contributed by atoms with van der Waals surface area (Å²) in [5, 5.41) is 9.19. The predicted molar refractivity (Wildman–Crippen MR) is 64.5 cm³/mol. The molecule has 2 atom stereocenters. The summed E-state index contributed by atoms with van der Waals surface area (Å²) in [5.74, 6) is -2.04. The van der Waals surface area contributed by atoms with Gasteiger partial charge in [-0.1, -0.05) is 6.07 Å². The molecule has 0 spiro atoms. The summed E-state index contributed by atoms with van der Waals surface area (Å²) in [6.45, 7) is 0.217. The van der Waals surface area contributed by atoms with Crippen LogP contribution in [0.4, 0.5) is 0 Å². The van der Waals surface area contributed by atoms with E-state index in [1.165, 1.54) is 4.31 Å². The Balaban J connectivity index is 2.32. The summed E-state index contributed by atoms with van der Waals surface area (Å²) in [5.41, 5.74) is 0.760. The van der Waals surface area contributed by atoms with Gasteiger partial charge in [-0.25, -0.2) is 12.7 Å². The molecule has 0 aromatic carbocycles. The van der Waals surface area contributed by atoms with E-state index in [9.17, 15) is 18.3 Å². The average molecular weight is 270 g/mol. The SMILES string of the molecule is CS(=O)(=O)N1C[C@H](C(=O)O)[C@H](c2cccnc2)C1. The third-order valence-electron chi connectivity index (χ3n) is 3.19. The topological polar surface area (TPSA) is 87.6 Å². The van der Waals surface area contributed by atoms with Gasteiger partial charge in [0.25, 0.3) is 0 Å². The first-order valence-corrected chi connectivity index (χ1v) is 7.32. The highest BCUT2D eigenvalue weighted by molar-refractivity contribution is 7.88. The molecule has 0 unspecified atom stereocenters. The third-order valence-corrected chi connectivity index (χ3v) is 4.42. The van der Waals surface area contributed by atoms with Crippen molar-refractivity contribution < 1.29 is 18.3 Å². The summed E-state index contributed by atoms with van der Waals surface area (Å²) >= 11 is 0. The predicted octanol–water partition coefficient (Wildman–Crippen LogP) is 0.141. The molecule has 7 heteroatoms. The summed E-state index contributed by atoms with van der Waals surface area (Å²) in [6.07, 6.45) is 4.28. The van der Waals surface area contributed by atoms with E-state index in [0.29, 0.717) is 0 Å². The van der Waals surface area contributed by atoms with Gasteiger partial charge in [0.2, 0.25) is 10.0 Å². The molecular weight excluding hydrogens is 256 g/mol. The van der Waals surface area contributed by atoms with Gasteiger partial charge in [-0.15, -0.1) is 0 Å². The van der Waals surface area contributed by atoms with E-state index in [1.54, 1.807) is 24.5 Å². The van der Waals surface area contributed by atoms with Crippen LogP contribution in [0.1, 0.15) is 11.5 Å². The Labute approximate surface area is 105 Å². The van der Waals surface area contributed by atoms with Gasteiger partial charge in [0, 0.05) is 31.4 Å². The molecule has 2 heterocycles. The van der Waals surface area contributed by atoms with Crippen molar-refractivity contribution >= 4 is 16.0 Å². The summed E-state index contributed by atoms with van der Waals surface area (Å²) in [6, 6.07) is 3.50. The molecule has 2 rings (SSSR count). The van der Waals surface area contributed by atoms with E-state index in [4.69, 9.17) is 0 Å². The van der Waals surface area contributed by atoms with Crippen LogP contribution in [-0.4, -0.2) is 48.1 Å². The molecule has 0 saturated carbocycles. The number of carboxylic acids is 1. The Morgan fingerprint density at radius 3 is 2.72 bits per heavy atom. The van der Waals surface area contributed by atoms with E-state index < -0.39 is 21.9 Å². The molecule has 1 saturated heterocycles. The number of carbonyl (C=O) groups is 1. The molecular formula is C11H14N2O4S. The zero-order chi connectivity index (χ0) is 13.3. The van der Waals surface area contributed by atoms with Gasteiger partial charge in [-0.05, 0) is 11.6 Å². The lowest BCUT2D eigenvalue weighted by molar-refractivity contribution is -0.141. The van der Waals surface area contributed by atoms with Gasteiger partial charge in [0.05, 0.1) is 12.2 Å². The second kappa shape index (κ2) is 4.66. The van der Waals surface area contributed by atoms with Crippen LogP contribution in [0.5, 0.6) is 0 Å². The highest BCUT2D eigenvalue weighted by Crippen LogP contribution is 2.33. The maximum atomic E-state index is 11.5. The molecule has 6 nitrogen and oxygen atoms in total. The standard InChI is InChI=1S/C11H14N2O4S/c1-18(16,17)13-6-9(10(7-13)11(14)15)8-3-2-4-12-5-8/h2-5,9-10H,6-7H2,1H3,(H,14,15)/t9-,10-/m0/s1. The average Bonchev–Trinajstić information content (AvgIpc) is 2.74. The maximum Gasteiger partial charge on any atom is 0.308 e. The number of nitrogens with zero attached hydrogens (tertiary/aromatic N) is 2. The van der Waals surface area contributed by atoms with Crippen LogP contribution in [0.2, 0.25) is 0 Å². The second-order valence-electron chi connectivity index (χ2n) is 4.42. The zero-order valence-corrected chi connectivity index (χ0v) is 10.7. The molecule has 1 aliphatic rings. The fraction of sp³-hybridized carbons (Fsp3) is 0.455. The lowest BCUT2D eigenvalue weighted by Gasteiger charge is -2.14. The summed E-state index contributed by atoms with van der Waals surface area (Å²) in [4.78, 5) is 15.2. The molecule has 1 aliphatic heterocycles. The Bertz CT molecular complexity index is 543. The van der Waals surface area contributed by atoms with Crippen LogP contribution < -0.4 is 0 Å². The van der Waals surface area contributed by atoms with Gasteiger partial charge in [0.1, 0.15) is 0 Å². The minimum atomic E-state index is -3.36. The Morgan fingerprint density at radius 1 is 1.50 bits per heavy atom. The number of hydrogen-bond acceptors (Lipinski definition) is 4. The van der Waals surface area contributed by atoms with Crippen molar-refractivity contribution in [3.05, 3.63) is 30.1 Å². The number of sulfonamides is 1. The van der Waals surface area contributed by atoms with E-state index in [0.717, 1.165) is 11.8 Å². The molecule has 1 fully saturated rings. The van der Waals surface area contributed by atoms with Crippen LogP contribution >= 0.6 is 0 Å². The Kier molecular flexibility index (Phi) is 3.36.